The summed E-state index contributed by atoms with van der Waals surface area (Å²) >= 11 is 0. The molecule has 3 N–H and O–H groups in total. The van der Waals surface area contributed by atoms with Crippen LogP contribution < -0.4 is 15.8 Å². The van der Waals surface area contributed by atoms with Gasteiger partial charge in [0.15, 0.2) is 0 Å². The molecule has 0 aliphatic rings. The lowest BCUT2D eigenvalue weighted by atomic mass is 10.2. The predicted octanol–water partition coefficient (Wildman–Crippen LogP) is 2.66. The molecule has 0 atom stereocenters. The molecular formula is C12H18N2O. The number of hydrogen-bond acceptors (Lipinski definition) is 3. The quantitative estimate of drug-likeness (QED) is 0.588. The van der Waals surface area contributed by atoms with Gasteiger partial charge in [-0.3, -0.25) is 0 Å². The molecule has 0 heterocycles. The van der Waals surface area contributed by atoms with Gasteiger partial charge in [-0.2, -0.15) is 0 Å². The summed E-state index contributed by atoms with van der Waals surface area (Å²) < 4.78 is 5.13. The Morgan fingerprint density at radius 3 is 2.73 bits per heavy atom. The maximum absolute atomic E-state index is 5.73. The largest absolute Gasteiger partial charge is 0.497 e. The Morgan fingerprint density at radius 1 is 1.40 bits per heavy atom. The minimum absolute atomic E-state index is 0.703. The minimum Gasteiger partial charge on any atom is -0.497 e. The Balaban J connectivity index is 2.68. The van der Waals surface area contributed by atoms with E-state index in [1.807, 2.05) is 12.1 Å². The fourth-order valence-corrected chi connectivity index (χ4v) is 1.22. The first-order valence-corrected chi connectivity index (χ1v) is 4.93. The third-order valence-corrected chi connectivity index (χ3v) is 1.98. The van der Waals surface area contributed by atoms with Crippen LogP contribution in [0.1, 0.15) is 13.8 Å². The topological polar surface area (TPSA) is 47.3 Å². The number of nitrogens with one attached hydrogen (secondary N) is 1. The van der Waals surface area contributed by atoms with Crippen molar-refractivity contribution in [3.63, 3.8) is 0 Å². The Labute approximate surface area is 90.9 Å². The number of anilines is 2. The highest BCUT2D eigenvalue weighted by Gasteiger charge is 1.97. The molecule has 0 saturated carbocycles. The molecule has 3 nitrogen and oxygen atoms in total. The van der Waals surface area contributed by atoms with Gasteiger partial charge in [-0.05, 0) is 19.9 Å². The third-order valence-electron chi connectivity index (χ3n) is 1.98. The van der Waals surface area contributed by atoms with Crippen LogP contribution in [0.25, 0.3) is 0 Å². The lowest BCUT2D eigenvalue weighted by molar-refractivity contribution is 0.415. The smallest absolute Gasteiger partial charge is 0.122 e. The summed E-state index contributed by atoms with van der Waals surface area (Å²) in [5.74, 6) is 0.773. The summed E-state index contributed by atoms with van der Waals surface area (Å²) in [5.41, 5.74) is 8.70. The van der Waals surface area contributed by atoms with Crippen LogP contribution in [0.4, 0.5) is 11.4 Å². The molecule has 0 spiro atoms. The van der Waals surface area contributed by atoms with E-state index in [9.17, 15) is 0 Å². The lowest BCUT2D eigenvalue weighted by Crippen LogP contribution is -2.00. The molecule has 0 saturated heterocycles. The third kappa shape index (κ3) is 3.94. The fraction of sp³-hybridized carbons (Fsp3) is 0.333. The van der Waals surface area contributed by atoms with Gasteiger partial charge in [0.05, 0.1) is 7.11 Å². The van der Waals surface area contributed by atoms with Crippen LogP contribution in [0.15, 0.2) is 29.8 Å². The summed E-state index contributed by atoms with van der Waals surface area (Å²) in [4.78, 5) is 0. The molecule has 0 amide bonds. The normalized spacial score (nSPS) is 9.53. The number of benzene rings is 1. The van der Waals surface area contributed by atoms with Crippen LogP contribution in [0.5, 0.6) is 5.75 Å². The second kappa shape index (κ2) is 5.29. The van der Waals surface area contributed by atoms with Crippen LogP contribution in [-0.4, -0.2) is 13.7 Å². The predicted molar refractivity (Wildman–Crippen MR) is 65.3 cm³/mol. The second-order valence-corrected chi connectivity index (χ2v) is 3.66. The first-order chi connectivity index (χ1) is 7.11. The standard InChI is InChI=1S/C12H18N2O/c1-9(2)4-5-14-11-6-10(13)7-12(8-11)15-3/h4,6-8,14H,5,13H2,1-3H3. The molecule has 0 bridgehead atoms. The number of hydrogen-bond donors (Lipinski definition) is 2. The lowest BCUT2D eigenvalue weighted by Gasteiger charge is -2.07. The number of nitrogen functional groups attached to an aromatic ring is 1. The number of ether oxygens (including phenoxy) is 1. The fourth-order valence-electron chi connectivity index (χ4n) is 1.22. The highest BCUT2D eigenvalue weighted by molar-refractivity contribution is 5.59. The van der Waals surface area contributed by atoms with Gasteiger partial charge in [0.2, 0.25) is 0 Å². The molecule has 15 heavy (non-hydrogen) atoms. The van der Waals surface area contributed by atoms with E-state index in [1.165, 1.54) is 5.57 Å². The molecule has 82 valence electrons. The van der Waals surface area contributed by atoms with E-state index in [1.54, 1.807) is 13.2 Å². The van der Waals surface area contributed by atoms with Crippen molar-refractivity contribution in [2.24, 2.45) is 0 Å². The highest BCUT2D eigenvalue weighted by atomic mass is 16.5. The first-order valence-electron chi connectivity index (χ1n) is 4.93. The molecular weight excluding hydrogens is 188 g/mol. The molecule has 0 aliphatic heterocycles. The van der Waals surface area contributed by atoms with Gasteiger partial charge >= 0.3 is 0 Å². The Kier molecular flexibility index (Phi) is 4.03. The van der Waals surface area contributed by atoms with Gasteiger partial charge in [-0.25, -0.2) is 0 Å². The van der Waals surface area contributed by atoms with Gasteiger partial charge in [-0.15, -0.1) is 0 Å². The number of rotatable bonds is 4. The average Bonchev–Trinajstić information content (AvgIpc) is 2.16. The summed E-state index contributed by atoms with van der Waals surface area (Å²) in [7, 11) is 1.63. The van der Waals surface area contributed by atoms with E-state index in [0.717, 1.165) is 18.0 Å². The molecule has 0 unspecified atom stereocenters. The summed E-state index contributed by atoms with van der Waals surface area (Å²) in [5, 5.41) is 3.26. The Bertz CT molecular complexity index is 355. The Morgan fingerprint density at radius 2 is 2.13 bits per heavy atom. The first kappa shape index (κ1) is 11.4. The van der Waals surface area contributed by atoms with Crippen molar-refractivity contribution in [2.75, 3.05) is 24.7 Å². The van der Waals surface area contributed by atoms with Gasteiger partial charge in [0.1, 0.15) is 5.75 Å². The molecule has 0 fully saturated rings. The number of methoxy groups -OCH3 is 1. The van der Waals surface area contributed by atoms with Crippen LogP contribution >= 0.6 is 0 Å². The van der Waals surface area contributed by atoms with Crippen molar-refractivity contribution in [1.82, 2.24) is 0 Å². The summed E-state index contributed by atoms with van der Waals surface area (Å²) in [6.45, 7) is 4.94. The van der Waals surface area contributed by atoms with Crippen molar-refractivity contribution >= 4 is 11.4 Å². The van der Waals surface area contributed by atoms with Crippen molar-refractivity contribution in [3.05, 3.63) is 29.8 Å². The van der Waals surface area contributed by atoms with E-state index in [0.29, 0.717) is 5.69 Å². The van der Waals surface area contributed by atoms with Crippen molar-refractivity contribution in [1.29, 1.82) is 0 Å². The molecule has 1 rings (SSSR count). The molecule has 3 heteroatoms. The summed E-state index contributed by atoms with van der Waals surface area (Å²) in [6, 6.07) is 5.61. The van der Waals surface area contributed by atoms with E-state index in [2.05, 4.69) is 25.2 Å². The second-order valence-electron chi connectivity index (χ2n) is 3.66. The highest BCUT2D eigenvalue weighted by Crippen LogP contribution is 2.21. The monoisotopic (exact) mass is 206 g/mol. The van der Waals surface area contributed by atoms with E-state index in [4.69, 9.17) is 10.5 Å². The van der Waals surface area contributed by atoms with Gasteiger partial charge in [0, 0.05) is 30.1 Å². The Hall–Kier alpha value is -1.64. The zero-order chi connectivity index (χ0) is 11.3. The molecule has 1 aromatic carbocycles. The zero-order valence-electron chi connectivity index (χ0n) is 9.50. The summed E-state index contributed by atoms with van der Waals surface area (Å²) in [6.07, 6.45) is 2.12. The van der Waals surface area contributed by atoms with Crippen LogP contribution in [0.2, 0.25) is 0 Å². The van der Waals surface area contributed by atoms with Crippen LogP contribution in [0.3, 0.4) is 0 Å². The maximum atomic E-state index is 5.73. The molecule has 0 radical (unpaired) electrons. The van der Waals surface area contributed by atoms with Crippen molar-refractivity contribution < 1.29 is 4.74 Å². The molecule has 0 aromatic heterocycles. The van der Waals surface area contributed by atoms with E-state index < -0.39 is 0 Å². The van der Waals surface area contributed by atoms with Crippen LogP contribution in [-0.2, 0) is 0 Å². The van der Waals surface area contributed by atoms with E-state index in [-0.39, 0.29) is 0 Å². The maximum Gasteiger partial charge on any atom is 0.122 e. The molecule has 0 aliphatic carbocycles. The van der Waals surface area contributed by atoms with Crippen molar-refractivity contribution in [2.45, 2.75) is 13.8 Å². The SMILES string of the molecule is COc1cc(N)cc(NCC=C(C)C)c1. The zero-order valence-corrected chi connectivity index (χ0v) is 9.50. The average molecular weight is 206 g/mol. The van der Waals surface area contributed by atoms with Crippen molar-refractivity contribution in [3.8, 4) is 5.75 Å². The molecule has 1 aromatic rings. The number of nitrogens with two attached hydrogens (primary N) is 1. The van der Waals surface area contributed by atoms with Gasteiger partial charge in [-0.1, -0.05) is 11.6 Å². The van der Waals surface area contributed by atoms with Gasteiger partial charge in [0.25, 0.3) is 0 Å². The van der Waals surface area contributed by atoms with Crippen LogP contribution in [0, 0.1) is 0 Å². The number of allylic oxidation sites excluding steroid dienone is 1. The van der Waals surface area contributed by atoms with E-state index >= 15 is 0 Å². The minimum atomic E-state index is 0.703. The van der Waals surface area contributed by atoms with Gasteiger partial charge < -0.3 is 15.8 Å².